The smallest absolute Gasteiger partial charge is 0.241 e. The molecule has 0 unspecified atom stereocenters. The van der Waals surface area contributed by atoms with E-state index in [2.05, 4.69) is 50.8 Å². The number of aryl methyl sites for hydroxylation is 1. The quantitative estimate of drug-likeness (QED) is 0.684. The minimum absolute atomic E-state index is 1.12. The molecule has 0 aliphatic heterocycles. The Morgan fingerprint density at radius 2 is 1.56 bits per heavy atom. The second kappa shape index (κ2) is 5.31. The first-order chi connectivity index (χ1) is 8.46. The van der Waals surface area contributed by atoms with Gasteiger partial charge in [-0.3, -0.25) is 0 Å². The molecule has 0 bridgehead atoms. The van der Waals surface area contributed by atoms with E-state index in [9.17, 15) is 0 Å². The lowest BCUT2D eigenvalue weighted by Crippen LogP contribution is -2.26. The van der Waals surface area contributed by atoms with E-state index >= 15 is 0 Å². The lowest BCUT2D eigenvalue weighted by Gasteiger charge is -2.28. The van der Waals surface area contributed by atoms with Gasteiger partial charge >= 0.3 is 0 Å². The second-order valence-electron chi connectivity index (χ2n) is 6.19. The average molecular weight is 260 g/mol. The van der Waals surface area contributed by atoms with Crippen LogP contribution in [0.15, 0.2) is 30.0 Å². The normalized spacial score (nSPS) is 16.9. The summed E-state index contributed by atoms with van der Waals surface area (Å²) in [4.78, 5) is 0. The van der Waals surface area contributed by atoms with Crippen molar-refractivity contribution in [2.45, 2.75) is 52.2 Å². The molecule has 0 fully saturated rings. The van der Waals surface area contributed by atoms with Gasteiger partial charge in [-0.15, -0.1) is 0 Å². The van der Waals surface area contributed by atoms with E-state index in [1.807, 2.05) is 0 Å². The highest BCUT2D eigenvalue weighted by atomic mass is 28.4. The molecular formula is C16H24OSi. The molecule has 0 atom stereocenters. The highest BCUT2D eigenvalue weighted by Gasteiger charge is 2.22. The standard InChI is InChI=1S/C16H24OSi/c1-13-9-11-14(12-10-13)15-7-5-6-8-16(15)17-18(2,3)4/h9-12H,5-8H2,1-4H3. The second-order valence-corrected chi connectivity index (χ2v) is 10.6. The van der Waals surface area contributed by atoms with Gasteiger partial charge < -0.3 is 4.43 Å². The number of hydrogen-bond acceptors (Lipinski definition) is 1. The SMILES string of the molecule is Cc1ccc(C2=C(O[Si](C)(C)C)CCCC2)cc1. The maximum atomic E-state index is 6.29. The molecule has 0 N–H and O–H groups in total. The van der Waals surface area contributed by atoms with Gasteiger partial charge in [0.05, 0.1) is 5.76 Å². The van der Waals surface area contributed by atoms with E-state index < -0.39 is 8.32 Å². The Morgan fingerprint density at radius 3 is 2.17 bits per heavy atom. The molecule has 0 saturated heterocycles. The van der Waals surface area contributed by atoms with Gasteiger partial charge in [-0.1, -0.05) is 29.8 Å². The fourth-order valence-corrected chi connectivity index (χ4v) is 3.38. The van der Waals surface area contributed by atoms with Crippen molar-refractivity contribution >= 4 is 13.9 Å². The summed E-state index contributed by atoms with van der Waals surface area (Å²) in [7, 11) is -1.49. The predicted octanol–water partition coefficient (Wildman–Crippen LogP) is 5.13. The van der Waals surface area contributed by atoms with Gasteiger partial charge in [0.15, 0.2) is 0 Å². The van der Waals surface area contributed by atoms with Crippen molar-refractivity contribution in [1.82, 2.24) is 0 Å². The van der Waals surface area contributed by atoms with Crippen LogP contribution in [0.3, 0.4) is 0 Å². The zero-order chi connectivity index (χ0) is 13.2. The highest BCUT2D eigenvalue weighted by Crippen LogP contribution is 2.34. The van der Waals surface area contributed by atoms with Crippen LogP contribution in [-0.4, -0.2) is 8.32 Å². The Balaban J connectivity index is 2.33. The third-order valence-corrected chi connectivity index (χ3v) is 4.11. The van der Waals surface area contributed by atoms with Crippen LogP contribution in [0.4, 0.5) is 0 Å². The van der Waals surface area contributed by atoms with E-state index in [0.29, 0.717) is 0 Å². The third-order valence-electron chi connectivity index (χ3n) is 3.25. The van der Waals surface area contributed by atoms with Crippen molar-refractivity contribution in [1.29, 1.82) is 0 Å². The number of benzene rings is 1. The van der Waals surface area contributed by atoms with E-state index in [1.54, 1.807) is 0 Å². The first-order valence-electron chi connectivity index (χ1n) is 6.94. The van der Waals surface area contributed by atoms with Crippen LogP contribution in [0.2, 0.25) is 19.6 Å². The minimum atomic E-state index is -1.49. The fourth-order valence-electron chi connectivity index (χ4n) is 2.42. The first-order valence-corrected chi connectivity index (χ1v) is 10.3. The van der Waals surface area contributed by atoms with Gasteiger partial charge in [-0.2, -0.15) is 0 Å². The summed E-state index contributed by atoms with van der Waals surface area (Å²) in [5, 5.41) is 0. The molecule has 1 aliphatic rings. The summed E-state index contributed by atoms with van der Waals surface area (Å²) in [5.41, 5.74) is 4.13. The van der Waals surface area contributed by atoms with Crippen LogP contribution in [0.1, 0.15) is 36.8 Å². The van der Waals surface area contributed by atoms with Gasteiger partial charge in [0, 0.05) is 6.42 Å². The lowest BCUT2D eigenvalue weighted by atomic mass is 9.92. The van der Waals surface area contributed by atoms with Crippen LogP contribution >= 0.6 is 0 Å². The molecule has 2 rings (SSSR count). The maximum absolute atomic E-state index is 6.29. The Kier molecular flexibility index (Phi) is 3.96. The van der Waals surface area contributed by atoms with E-state index in [0.717, 1.165) is 6.42 Å². The molecule has 1 aromatic carbocycles. The molecule has 1 aliphatic carbocycles. The minimum Gasteiger partial charge on any atom is -0.547 e. The topological polar surface area (TPSA) is 9.23 Å². The van der Waals surface area contributed by atoms with Gasteiger partial charge in [0.1, 0.15) is 0 Å². The summed E-state index contributed by atoms with van der Waals surface area (Å²) in [5.74, 6) is 1.27. The maximum Gasteiger partial charge on any atom is 0.241 e. The van der Waals surface area contributed by atoms with Gasteiger partial charge in [-0.05, 0) is 57.0 Å². The largest absolute Gasteiger partial charge is 0.547 e. The summed E-state index contributed by atoms with van der Waals surface area (Å²) < 4.78 is 6.29. The molecule has 1 nitrogen and oxygen atoms in total. The van der Waals surface area contributed by atoms with E-state index in [1.165, 1.54) is 41.7 Å². The van der Waals surface area contributed by atoms with Gasteiger partial charge in [0.25, 0.3) is 0 Å². The Morgan fingerprint density at radius 1 is 0.944 bits per heavy atom. The highest BCUT2D eigenvalue weighted by molar-refractivity contribution is 6.70. The van der Waals surface area contributed by atoms with Gasteiger partial charge in [0.2, 0.25) is 8.32 Å². The summed E-state index contributed by atoms with van der Waals surface area (Å²) in [6.07, 6.45) is 4.85. The summed E-state index contributed by atoms with van der Waals surface area (Å²) in [6, 6.07) is 8.87. The molecule has 18 heavy (non-hydrogen) atoms. The molecule has 0 radical (unpaired) electrons. The molecule has 0 aromatic heterocycles. The Hall–Kier alpha value is -1.02. The van der Waals surface area contributed by atoms with Crippen LogP contribution < -0.4 is 0 Å². The fraction of sp³-hybridized carbons (Fsp3) is 0.500. The molecule has 0 spiro atoms. The lowest BCUT2D eigenvalue weighted by molar-refractivity contribution is 0.385. The number of allylic oxidation sites excluding steroid dienone is 2. The van der Waals surface area contributed by atoms with Crippen LogP contribution in [0, 0.1) is 6.92 Å². The van der Waals surface area contributed by atoms with Crippen molar-refractivity contribution in [2.75, 3.05) is 0 Å². The molecule has 1 aromatic rings. The molecule has 2 heteroatoms. The predicted molar refractivity (Wildman–Crippen MR) is 81.0 cm³/mol. The molecule has 0 saturated carbocycles. The molecule has 0 heterocycles. The zero-order valence-corrected chi connectivity index (χ0v) is 13.0. The monoisotopic (exact) mass is 260 g/mol. The first kappa shape index (κ1) is 13.4. The zero-order valence-electron chi connectivity index (χ0n) is 12.0. The Labute approximate surface area is 112 Å². The van der Waals surface area contributed by atoms with Crippen molar-refractivity contribution in [3.05, 3.63) is 41.2 Å². The summed E-state index contributed by atoms with van der Waals surface area (Å²) in [6.45, 7) is 8.93. The number of hydrogen-bond donors (Lipinski definition) is 0. The van der Waals surface area contributed by atoms with Crippen molar-refractivity contribution < 1.29 is 4.43 Å². The van der Waals surface area contributed by atoms with Crippen molar-refractivity contribution in [3.8, 4) is 0 Å². The number of rotatable bonds is 3. The molecule has 0 amide bonds. The Bertz CT molecular complexity index is 437. The van der Waals surface area contributed by atoms with Crippen molar-refractivity contribution in [2.24, 2.45) is 0 Å². The van der Waals surface area contributed by atoms with E-state index in [4.69, 9.17) is 4.43 Å². The van der Waals surface area contributed by atoms with Crippen molar-refractivity contribution in [3.63, 3.8) is 0 Å². The third kappa shape index (κ3) is 3.48. The van der Waals surface area contributed by atoms with E-state index in [-0.39, 0.29) is 0 Å². The molecule has 98 valence electrons. The van der Waals surface area contributed by atoms with Crippen LogP contribution in [0.5, 0.6) is 0 Å². The molecular weight excluding hydrogens is 236 g/mol. The van der Waals surface area contributed by atoms with Gasteiger partial charge in [-0.25, -0.2) is 0 Å². The van der Waals surface area contributed by atoms with Crippen LogP contribution in [0.25, 0.3) is 5.57 Å². The van der Waals surface area contributed by atoms with Crippen LogP contribution in [-0.2, 0) is 4.43 Å². The average Bonchev–Trinajstić information content (AvgIpc) is 2.29. The summed E-state index contributed by atoms with van der Waals surface area (Å²) >= 11 is 0.